The fraction of sp³-hybridized carbons (Fsp3) is 0.526. The van der Waals surface area contributed by atoms with Crippen LogP contribution >= 0.6 is 15.9 Å². The molecule has 6 heteroatoms. The van der Waals surface area contributed by atoms with Crippen molar-refractivity contribution in [2.45, 2.75) is 25.4 Å². The van der Waals surface area contributed by atoms with E-state index in [0.717, 1.165) is 62.1 Å². The van der Waals surface area contributed by atoms with Gasteiger partial charge in [0, 0.05) is 62.0 Å². The minimum absolute atomic E-state index is 0.725. The lowest BCUT2D eigenvalue weighted by Crippen LogP contribution is -2.51. The largest absolute Gasteiger partial charge is 0.381 e. The van der Waals surface area contributed by atoms with Gasteiger partial charge in [0.2, 0.25) is 0 Å². The number of ether oxygens (including phenoxy) is 1. The standard InChI is InChI=1S/C19H25BrN4O/c20-17-3-1-15(2-4-17)19-16(13-21-22-19)14-23-7-9-24(10-8-23)18-5-11-25-12-6-18/h1-4,13,18H,5-12,14H2,(H,21,22). The highest BCUT2D eigenvalue weighted by Gasteiger charge is 2.25. The van der Waals surface area contributed by atoms with Gasteiger partial charge < -0.3 is 4.74 Å². The number of benzene rings is 1. The van der Waals surface area contributed by atoms with Gasteiger partial charge in [-0.15, -0.1) is 0 Å². The summed E-state index contributed by atoms with van der Waals surface area (Å²) in [6.45, 7) is 7.40. The Morgan fingerprint density at radius 1 is 1.08 bits per heavy atom. The molecule has 3 heterocycles. The minimum Gasteiger partial charge on any atom is -0.381 e. The van der Waals surface area contributed by atoms with E-state index in [1.165, 1.54) is 24.0 Å². The zero-order valence-corrected chi connectivity index (χ0v) is 16.0. The predicted octanol–water partition coefficient (Wildman–Crippen LogP) is 3.14. The third kappa shape index (κ3) is 4.14. The van der Waals surface area contributed by atoms with E-state index in [0.29, 0.717) is 0 Å². The molecule has 1 N–H and O–H groups in total. The van der Waals surface area contributed by atoms with Crippen molar-refractivity contribution >= 4 is 15.9 Å². The van der Waals surface area contributed by atoms with Crippen LogP contribution in [-0.4, -0.2) is 65.4 Å². The number of aromatic nitrogens is 2. The van der Waals surface area contributed by atoms with Crippen molar-refractivity contribution in [2.24, 2.45) is 0 Å². The maximum atomic E-state index is 5.49. The molecule has 134 valence electrons. The topological polar surface area (TPSA) is 44.4 Å². The number of aromatic amines is 1. The molecule has 0 aliphatic carbocycles. The van der Waals surface area contributed by atoms with Gasteiger partial charge in [-0.1, -0.05) is 28.1 Å². The van der Waals surface area contributed by atoms with Crippen LogP contribution in [0.4, 0.5) is 0 Å². The average molecular weight is 405 g/mol. The Labute approximate surface area is 157 Å². The van der Waals surface area contributed by atoms with Crippen LogP contribution in [0.2, 0.25) is 0 Å². The molecule has 5 nitrogen and oxygen atoms in total. The van der Waals surface area contributed by atoms with Crippen LogP contribution in [0.3, 0.4) is 0 Å². The smallest absolute Gasteiger partial charge is 0.0695 e. The second-order valence-corrected chi connectivity index (χ2v) is 7.85. The summed E-state index contributed by atoms with van der Waals surface area (Å²) in [4.78, 5) is 5.20. The number of hydrogen-bond donors (Lipinski definition) is 1. The molecular weight excluding hydrogens is 380 g/mol. The highest BCUT2D eigenvalue weighted by molar-refractivity contribution is 9.10. The van der Waals surface area contributed by atoms with Crippen LogP contribution in [0.1, 0.15) is 18.4 Å². The summed E-state index contributed by atoms with van der Waals surface area (Å²) >= 11 is 3.50. The number of nitrogens with zero attached hydrogens (tertiary/aromatic N) is 3. The zero-order valence-electron chi connectivity index (χ0n) is 14.5. The Balaban J connectivity index is 1.36. The molecule has 2 aliphatic rings. The van der Waals surface area contributed by atoms with E-state index < -0.39 is 0 Å². The number of piperazine rings is 1. The second-order valence-electron chi connectivity index (χ2n) is 6.93. The summed E-state index contributed by atoms with van der Waals surface area (Å²) in [5.41, 5.74) is 3.61. The van der Waals surface area contributed by atoms with E-state index in [4.69, 9.17) is 4.74 Å². The van der Waals surface area contributed by atoms with Crippen molar-refractivity contribution < 1.29 is 4.74 Å². The molecule has 0 bridgehead atoms. The van der Waals surface area contributed by atoms with Crippen molar-refractivity contribution in [3.63, 3.8) is 0 Å². The van der Waals surface area contributed by atoms with Gasteiger partial charge in [0.25, 0.3) is 0 Å². The Bertz CT molecular complexity index is 673. The highest BCUT2D eigenvalue weighted by atomic mass is 79.9. The Morgan fingerprint density at radius 3 is 2.52 bits per heavy atom. The summed E-state index contributed by atoms with van der Waals surface area (Å²) < 4.78 is 6.59. The summed E-state index contributed by atoms with van der Waals surface area (Å²) in [6.07, 6.45) is 4.35. The summed E-state index contributed by atoms with van der Waals surface area (Å²) in [7, 11) is 0. The zero-order chi connectivity index (χ0) is 17.1. The van der Waals surface area contributed by atoms with Crippen LogP contribution in [0.15, 0.2) is 34.9 Å². The van der Waals surface area contributed by atoms with Gasteiger partial charge in [0.15, 0.2) is 0 Å². The van der Waals surface area contributed by atoms with Crippen molar-refractivity contribution in [2.75, 3.05) is 39.4 Å². The summed E-state index contributed by atoms with van der Waals surface area (Å²) in [6, 6.07) is 9.14. The van der Waals surface area contributed by atoms with E-state index in [-0.39, 0.29) is 0 Å². The van der Waals surface area contributed by atoms with Crippen LogP contribution < -0.4 is 0 Å². The fourth-order valence-corrected chi connectivity index (χ4v) is 4.14. The first-order valence-electron chi connectivity index (χ1n) is 9.12. The molecule has 0 amide bonds. The fourth-order valence-electron chi connectivity index (χ4n) is 3.88. The van der Waals surface area contributed by atoms with Gasteiger partial charge in [-0.2, -0.15) is 5.10 Å². The average Bonchev–Trinajstić information content (AvgIpc) is 3.12. The molecule has 0 saturated carbocycles. The maximum absolute atomic E-state index is 5.49. The highest BCUT2D eigenvalue weighted by Crippen LogP contribution is 2.25. The minimum atomic E-state index is 0.725. The number of rotatable bonds is 4. The van der Waals surface area contributed by atoms with Crippen LogP contribution in [-0.2, 0) is 11.3 Å². The predicted molar refractivity (Wildman–Crippen MR) is 102 cm³/mol. The quantitative estimate of drug-likeness (QED) is 0.849. The van der Waals surface area contributed by atoms with Crippen molar-refractivity contribution in [1.82, 2.24) is 20.0 Å². The van der Waals surface area contributed by atoms with Crippen LogP contribution in [0.5, 0.6) is 0 Å². The monoisotopic (exact) mass is 404 g/mol. The van der Waals surface area contributed by atoms with Gasteiger partial charge >= 0.3 is 0 Å². The Hall–Kier alpha value is -1.21. The Kier molecular flexibility index (Phi) is 5.51. The lowest BCUT2D eigenvalue weighted by Gasteiger charge is -2.40. The van der Waals surface area contributed by atoms with Gasteiger partial charge in [-0.25, -0.2) is 0 Å². The van der Waals surface area contributed by atoms with Gasteiger partial charge in [-0.05, 0) is 30.5 Å². The Morgan fingerprint density at radius 2 is 1.80 bits per heavy atom. The molecule has 4 rings (SSSR count). The normalized spacial score (nSPS) is 20.8. The first-order chi connectivity index (χ1) is 12.3. The van der Waals surface area contributed by atoms with E-state index in [1.807, 2.05) is 6.20 Å². The molecule has 25 heavy (non-hydrogen) atoms. The SMILES string of the molecule is Brc1ccc(-c2[nH]ncc2CN2CCN(C3CCOCC3)CC2)cc1. The molecule has 0 spiro atoms. The lowest BCUT2D eigenvalue weighted by molar-refractivity contribution is 0.0126. The van der Waals surface area contributed by atoms with E-state index in [2.05, 4.69) is 60.2 Å². The van der Waals surface area contributed by atoms with E-state index in [9.17, 15) is 0 Å². The molecule has 1 aromatic carbocycles. The number of H-pyrrole nitrogens is 1. The van der Waals surface area contributed by atoms with Gasteiger partial charge in [0.1, 0.15) is 0 Å². The van der Waals surface area contributed by atoms with Gasteiger partial charge in [0.05, 0.1) is 11.9 Å². The van der Waals surface area contributed by atoms with Crippen molar-refractivity contribution in [1.29, 1.82) is 0 Å². The second kappa shape index (κ2) is 7.99. The number of nitrogens with one attached hydrogen (secondary N) is 1. The third-order valence-electron chi connectivity index (χ3n) is 5.36. The van der Waals surface area contributed by atoms with Crippen molar-refractivity contribution in [3.8, 4) is 11.3 Å². The van der Waals surface area contributed by atoms with E-state index >= 15 is 0 Å². The maximum Gasteiger partial charge on any atom is 0.0695 e. The molecule has 2 aromatic rings. The molecule has 0 atom stereocenters. The van der Waals surface area contributed by atoms with Crippen molar-refractivity contribution in [3.05, 3.63) is 40.5 Å². The summed E-state index contributed by atoms with van der Waals surface area (Å²) in [5.74, 6) is 0. The molecule has 2 aliphatic heterocycles. The first-order valence-corrected chi connectivity index (χ1v) is 9.91. The molecule has 1 aromatic heterocycles. The first kappa shape index (κ1) is 17.2. The van der Waals surface area contributed by atoms with Gasteiger partial charge in [-0.3, -0.25) is 14.9 Å². The number of hydrogen-bond acceptors (Lipinski definition) is 4. The third-order valence-corrected chi connectivity index (χ3v) is 5.89. The molecule has 0 radical (unpaired) electrons. The van der Waals surface area contributed by atoms with Crippen LogP contribution in [0.25, 0.3) is 11.3 Å². The lowest BCUT2D eigenvalue weighted by atomic mass is 10.1. The summed E-state index contributed by atoms with van der Waals surface area (Å²) in [5, 5.41) is 7.46. The van der Waals surface area contributed by atoms with Crippen LogP contribution in [0, 0.1) is 0 Å². The molecule has 2 fully saturated rings. The molecular formula is C19H25BrN4O. The molecule has 0 unspecified atom stereocenters. The molecule has 2 saturated heterocycles. The number of halogens is 1. The van der Waals surface area contributed by atoms with E-state index in [1.54, 1.807) is 0 Å².